The summed E-state index contributed by atoms with van der Waals surface area (Å²) in [6.07, 6.45) is 0.923. The molecule has 1 atom stereocenters. The van der Waals surface area contributed by atoms with Crippen molar-refractivity contribution in [2.75, 3.05) is 7.11 Å². The fourth-order valence-electron chi connectivity index (χ4n) is 2.81. The summed E-state index contributed by atoms with van der Waals surface area (Å²) in [5.74, 6) is 0.893. The van der Waals surface area contributed by atoms with E-state index in [2.05, 4.69) is 53.9 Å². The van der Waals surface area contributed by atoms with Gasteiger partial charge in [0.1, 0.15) is 5.75 Å². The highest BCUT2D eigenvalue weighted by Gasteiger charge is 2.22. The Morgan fingerprint density at radius 3 is 2.58 bits per heavy atom. The maximum absolute atomic E-state index is 5.29. The molecule has 0 saturated heterocycles. The highest BCUT2D eigenvalue weighted by molar-refractivity contribution is 7.99. The van der Waals surface area contributed by atoms with Crippen molar-refractivity contribution >= 4 is 34.5 Å². The molecule has 2 aromatic carbocycles. The van der Waals surface area contributed by atoms with Crippen molar-refractivity contribution < 1.29 is 4.74 Å². The van der Waals surface area contributed by atoms with Crippen LogP contribution in [0, 0.1) is 0 Å². The molecule has 0 spiro atoms. The van der Waals surface area contributed by atoms with Crippen LogP contribution in [0.2, 0.25) is 0 Å². The van der Waals surface area contributed by atoms with Crippen LogP contribution >= 0.6 is 23.1 Å². The molecule has 0 fully saturated rings. The second-order valence-electron chi connectivity index (χ2n) is 5.59. The lowest BCUT2D eigenvalue weighted by Gasteiger charge is -2.16. The van der Waals surface area contributed by atoms with Crippen LogP contribution in [0.25, 0.3) is 0 Å². The summed E-state index contributed by atoms with van der Waals surface area (Å²) in [6, 6.07) is 21.1. The number of ether oxygens (including phenoxy) is 1. The third kappa shape index (κ3) is 3.12. The zero-order chi connectivity index (χ0) is 16.4. The van der Waals surface area contributed by atoms with Crippen molar-refractivity contribution in [3.8, 4) is 5.75 Å². The Hall–Kier alpha value is -2.04. The molecule has 4 rings (SSSR count). The Balaban J connectivity index is 1.75. The molecule has 2 heterocycles. The first-order chi connectivity index (χ1) is 11.8. The van der Waals surface area contributed by atoms with Gasteiger partial charge in [-0.3, -0.25) is 4.99 Å². The second kappa shape index (κ2) is 6.83. The zero-order valence-electron chi connectivity index (χ0n) is 13.3. The van der Waals surface area contributed by atoms with Crippen LogP contribution in [-0.2, 0) is 0 Å². The normalized spacial score (nSPS) is 16.9. The van der Waals surface area contributed by atoms with Crippen LogP contribution in [0.15, 0.2) is 75.9 Å². The Bertz CT molecular complexity index is 854. The van der Waals surface area contributed by atoms with E-state index in [4.69, 9.17) is 9.73 Å². The van der Waals surface area contributed by atoms with E-state index in [1.54, 1.807) is 18.4 Å². The maximum atomic E-state index is 5.29. The molecule has 1 aliphatic rings. The quantitative estimate of drug-likeness (QED) is 0.567. The van der Waals surface area contributed by atoms with E-state index in [0.717, 1.165) is 17.9 Å². The fraction of sp³-hybridized carbons (Fsp3) is 0.150. The summed E-state index contributed by atoms with van der Waals surface area (Å²) < 4.78 is 5.29. The summed E-state index contributed by atoms with van der Waals surface area (Å²) in [5, 5.41) is 2.46. The average Bonchev–Trinajstić information content (AvgIpc) is 3.09. The molecule has 3 aromatic rings. The first-order valence-corrected chi connectivity index (χ1v) is 9.60. The molecule has 24 heavy (non-hydrogen) atoms. The lowest BCUT2D eigenvalue weighted by atomic mass is 10.1. The molecule has 0 radical (unpaired) electrons. The Kier molecular flexibility index (Phi) is 4.41. The van der Waals surface area contributed by atoms with E-state index in [0.29, 0.717) is 5.25 Å². The van der Waals surface area contributed by atoms with Crippen LogP contribution < -0.4 is 4.74 Å². The zero-order valence-corrected chi connectivity index (χ0v) is 14.9. The third-order valence-electron chi connectivity index (χ3n) is 4.06. The number of hydrogen-bond acceptors (Lipinski definition) is 4. The van der Waals surface area contributed by atoms with Gasteiger partial charge in [0.15, 0.2) is 0 Å². The lowest BCUT2D eigenvalue weighted by Crippen LogP contribution is -2.03. The van der Waals surface area contributed by atoms with Crippen LogP contribution in [-0.4, -0.2) is 12.8 Å². The summed E-state index contributed by atoms with van der Waals surface area (Å²) in [4.78, 5) is 7.47. The summed E-state index contributed by atoms with van der Waals surface area (Å²) >= 11 is 3.65. The number of methoxy groups -OCH3 is 1. The van der Waals surface area contributed by atoms with E-state index in [-0.39, 0.29) is 0 Å². The van der Waals surface area contributed by atoms with Crippen molar-refractivity contribution in [1.82, 2.24) is 0 Å². The molecule has 0 unspecified atom stereocenters. The second-order valence-corrected chi connectivity index (χ2v) is 7.78. The molecular weight excluding hydrogens is 334 g/mol. The van der Waals surface area contributed by atoms with Crippen molar-refractivity contribution in [3.05, 3.63) is 76.5 Å². The number of hydrogen-bond donors (Lipinski definition) is 0. The minimum atomic E-state index is 0.348. The molecule has 2 nitrogen and oxygen atoms in total. The van der Waals surface area contributed by atoms with Gasteiger partial charge in [0, 0.05) is 21.4 Å². The van der Waals surface area contributed by atoms with E-state index in [9.17, 15) is 0 Å². The van der Waals surface area contributed by atoms with Gasteiger partial charge in [0.2, 0.25) is 0 Å². The van der Waals surface area contributed by atoms with Gasteiger partial charge in [0.05, 0.1) is 18.5 Å². The number of thioether (sulfide) groups is 1. The van der Waals surface area contributed by atoms with Crippen LogP contribution in [0.3, 0.4) is 0 Å². The summed E-state index contributed by atoms with van der Waals surface area (Å²) in [7, 11) is 1.70. The first-order valence-electron chi connectivity index (χ1n) is 7.84. The number of benzene rings is 2. The molecule has 0 N–H and O–H groups in total. The van der Waals surface area contributed by atoms with Crippen LogP contribution in [0.5, 0.6) is 5.75 Å². The Morgan fingerprint density at radius 1 is 1.00 bits per heavy atom. The minimum Gasteiger partial charge on any atom is -0.497 e. The van der Waals surface area contributed by atoms with Gasteiger partial charge in [-0.15, -0.1) is 23.1 Å². The lowest BCUT2D eigenvalue weighted by molar-refractivity contribution is 0.414. The Labute approximate surface area is 150 Å². The number of fused-ring (bicyclic) bond motifs is 1. The standard InChI is InChI=1S/C20H17NOS2/c1-22-15-10-8-14(9-11-15)20-13-17(18-7-4-12-23-18)21-16-5-2-3-6-19(16)24-20/h2-12,20H,13H2,1H3/t20-/m0/s1. The van der Waals surface area contributed by atoms with Gasteiger partial charge in [-0.05, 0) is 41.3 Å². The predicted molar refractivity (Wildman–Crippen MR) is 103 cm³/mol. The van der Waals surface area contributed by atoms with Gasteiger partial charge in [-0.2, -0.15) is 0 Å². The number of aliphatic imine (C=N–C) groups is 1. The monoisotopic (exact) mass is 351 g/mol. The SMILES string of the molecule is COc1ccc([C@@H]2CC(c3cccs3)=Nc3ccccc3S2)cc1. The first kappa shape index (κ1) is 15.5. The van der Waals surface area contributed by atoms with Crippen molar-refractivity contribution in [3.63, 3.8) is 0 Å². The molecule has 0 saturated carbocycles. The molecule has 0 amide bonds. The molecule has 1 aromatic heterocycles. The highest BCUT2D eigenvalue weighted by Crippen LogP contribution is 2.45. The van der Waals surface area contributed by atoms with Gasteiger partial charge in [-0.1, -0.05) is 30.3 Å². The average molecular weight is 351 g/mol. The highest BCUT2D eigenvalue weighted by atomic mass is 32.2. The van der Waals surface area contributed by atoms with Gasteiger partial charge < -0.3 is 4.74 Å². The fourth-order valence-corrected chi connectivity index (χ4v) is 4.77. The smallest absolute Gasteiger partial charge is 0.118 e. The minimum absolute atomic E-state index is 0.348. The summed E-state index contributed by atoms with van der Waals surface area (Å²) in [6.45, 7) is 0. The van der Waals surface area contributed by atoms with E-state index < -0.39 is 0 Å². The van der Waals surface area contributed by atoms with Gasteiger partial charge in [0.25, 0.3) is 0 Å². The van der Waals surface area contributed by atoms with E-state index >= 15 is 0 Å². The van der Waals surface area contributed by atoms with Gasteiger partial charge in [-0.25, -0.2) is 0 Å². The van der Waals surface area contributed by atoms with Crippen LogP contribution in [0.4, 0.5) is 5.69 Å². The number of nitrogens with zero attached hydrogens (tertiary/aromatic N) is 1. The van der Waals surface area contributed by atoms with Crippen LogP contribution in [0.1, 0.15) is 22.1 Å². The molecule has 120 valence electrons. The van der Waals surface area contributed by atoms with Gasteiger partial charge >= 0.3 is 0 Å². The largest absolute Gasteiger partial charge is 0.497 e. The third-order valence-corrected chi connectivity index (χ3v) is 6.30. The van der Waals surface area contributed by atoms with Crippen molar-refractivity contribution in [2.24, 2.45) is 4.99 Å². The van der Waals surface area contributed by atoms with E-state index in [1.165, 1.54) is 21.0 Å². The molecule has 0 aliphatic carbocycles. The van der Waals surface area contributed by atoms with E-state index in [1.807, 2.05) is 23.9 Å². The number of para-hydroxylation sites is 1. The Morgan fingerprint density at radius 2 is 1.83 bits per heavy atom. The van der Waals surface area contributed by atoms with Crippen molar-refractivity contribution in [1.29, 1.82) is 0 Å². The topological polar surface area (TPSA) is 21.6 Å². The predicted octanol–water partition coefficient (Wildman–Crippen LogP) is 6.11. The maximum Gasteiger partial charge on any atom is 0.118 e. The molecule has 4 heteroatoms. The summed E-state index contributed by atoms with van der Waals surface area (Å²) in [5.41, 5.74) is 3.55. The number of rotatable bonds is 3. The molecular formula is C20H17NOS2. The molecule has 1 aliphatic heterocycles. The molecule has 0 bridgehead atoms. The van der Waals surface area contributed by atoms with Crippen molar-refractivity contribution in [2.45, 2.75) is 16.6 Å². The number of thiophene rings is 1.